The van der Waals surface area contributed by atoms with Gasteiger partial charge in [0, 0.05) is 24.1 Å². The van der Waals surface area contributed by atoms with Crippen LogP contribution in [0.25, 0.3) is 0 Å². The highest BCUT2D eigenvalue weighted by atomic mass is 32.2. The van der Waals surface area contributed by atoms with Crippen LogP contribution in [0.3, 0.4) is 0 Å². The van der Waals surface area contributed by atoms with Gasteiger partial charge in [-0.25, -0.2) is 13.0 Å². The molecule has 1 aliphatic heterocycles. The zero-order chi connectivity index (χ0) is 16.3. The van der Waals surface area contributed by atoms with Gasteiger partial charge in [-0.1, -0.05) is 17.7 Å². The van der Waals surface area contributed by atoms with Gasteiger partial charge in [0.15, 0.2) is 5.71 Å². The van der Waals surface area contributed by atoms with Gasteiger partial charge in [-0.2, -0.15) is 0 Å². The van der Waals surface area contributed by atoms with Crippen LogP contribution in [0.4, 0.5) is 0 Å². The standard InChI is InChI=1S/C9H14N2.C7H8O3S/c1-11-6-5-8(10)7-3-2-4-9(7)11;1-6-2-4-7(5-3-6)11(8,9)10/h10H,2-6H2,1H3;2-5H,1H3,(H,8,9,10). The van der Waals surface area contributed by atoms with Crippen LogP contribution in [0, 0.1) is 6.92 Å². The second-order valence-corrected chi connectivity index (χ2v) is 7.12. The third-order valence-electron chi connectivity index (χ3n) is 4.06. The SMILES string of the molecule is C[N+]1=C2CCCC2=C(N)CC1.Cc1ccc(S(=O)(=O)[O-])cc1. The van der Waals surface area contributed by atoms with E-state index >= 15 is 0 Å². The molecule has 1 saturated carbocycles. The molecule has 3 rings (SSSR count). The van der Waals surface area contributed by atoms with E-state index in [0.29, 0.717) is 0 Å². The number of rotatable bonds is 1. The van der Waals surface area contributed by atoms with Gasteiger partial charge in [-0.3, -0.25) is 0 Å². The maximum atomic E-state index is 10.4. The molecule has 1 aromatic rings. The van der Waals surface area contributed by atoms with Crippen molar-refractivity contribution in [2.45, 2.75) is 37.5 Å². The number of fused-ring (bicyclic) bond motifs is 1. The summed E-state index contributed by atoms with van der Waals surface area (Å²) in [6, 6.07) is 5.78. The lowest BCUT2D eigenvalue weighted by Gasteiger charge is -2.11. The molecule has 0 unspecified atom stereocenters. The van der Waals surface area contributed by atoms with E-state index in [9.17, 15) is 13.0 Å². The molecule has 1 heterocycles. The summed E-state index contributed by atoms with van der Waals surface area (Å²) in [5, 5.41) is 0. The van der Waals surface area contributed by atoms with Crippen molar-refractivity contribution in [2.24, 2.45) is 5.73 Å². The third kappa shape index (κ3) is 3.96. The Balaban J connectivity index is 0.000000160. The third-order valence-corrected chi connectivity index (χ3v) is 4.91. The molecule has 1 fully saturated rings. The summed E-state index contributed by atoms with van der Waals surface area (Å²) < 4.78 is 33.5. The first-order chi connectivity index (χ1) is 10.3. The summed E-state index contributed by atoms with van der Waals surface area (Å²) in [6.07, 6.45) is 4.82. The van der Waals surface area contributed by atoms with Crippen LogP contribution < -0.4 is 5.73 Å². The fourth-order valence-electron chi connectivity index (χ4n) is 2.77. The molecule has 2 N–H and O–H groups in total. The van der Waals surface area contributed by atoms with Crippen LogP contribution in [-0.2, 0) is 10.1 Å². The first kappa shape index (κ1) is 16.7. The number of allylic oxidation sites excluding steroid dienone is 1. The minimum atomic E-state index is -4.27. The van der Waals surface area contributed by atoms with Gasteiger partial charge in [0.1, 0.15) is 23.7 Å². The van der Waals surface area contributed by atoms with E-state index in [-0.39, 0.29) is 4.90 Å². The van der Waals surface area contributed by atoms with Gasteiger partial charge < -0.3 is 10.3 Å². The Bertz CT molecular complexity index is 690. The molecule has 1 aromatic carbocycles. The molecule has 0 radical (unpaired) electrons. The maximum Gasteiger partial charge on any atom is 0.180 e. The molecule has 0 bridgehead atoms. The van der Waals surface area contributed by atoms with E-state index < -0.39 is 10.1 Å². The highest BCUT2D eigenvalue weighted by molar-refractivity contribution is 7.85. The molecule has 0 saturated heterocycles. The molecular weight excluding hydrogens is 300 g/mol. The summed E-state index contributed by atoms with van der Waals surface area (Å²) in [7, 11) is -2.10. The topological polar surface area (TPSA) is 86.2 Å². The number of nitrogens with two attached hydrogens (primary N) is 1. The van der Waals surface area contributed by atoms with Gasteiger partial charge in [-0.05, 0) is 31.9 Å². The highest BCUT2D eigenvalue weighted by Crippen LogP contribution is 2.26. The molecule has 5 nitrogen and oxygen atoms in total. The fraction of sp³-hybridized carbons (Fsp3) is 0.438. The van der Waals surface area contributed by atoms with E-state index in [0.717, 1.165) is 24.2 Å². The van der Waals surface area contributed by atoms with Crippen LogP contribution >= 0.6 is 0 Å². The van der Waals surface area contributed by atoms with E-state index in [1.165, 1.54) is 42.7 Å². The zero-order valence-electron chi connectivity index (χ0n) is 13.0. The monoisotopic (exact) mass is 322 g/mol. The normalized spacial score (nSPS) is 18.0. The quantitative estimate of drug-likeness (QED) is 0.630. The summed E-state index contributed by atoms with van der Waals surface area (Å²) in [4.78, 5) is -0.178. The molecule has 2 aliphatic rings. The van der Waals surface area contributed by atoms with Crippen molar-refractivity contribution in [3.05, 3.63) is 41.1 Å². The molecule has 22 heavy (non-hydrogen) atoms. The second kappa shape index (κ2) is 6.62. The van der Waals surface area contributed by atoms with E-state index in [1.807, 2.05) is 6.92 Å². The summed E-state index contributed by atoms with van der Waals surface area (Å²) in [5.41, 5.74) is 11.0. The number of hydrogen-bond acceptors (Lipinski definition) is 4. The number of aryl methyl sites for hydroxylation is 1. The minimum absolute atomic E-state index is 0.178. The smallest absolute Gasteiger partial charge is 0.180 e. The molecule has 6 heteroatoms. The predicted molar refractivity (Wildman–Crippen MR) is 84.9 cm³/mol. The van der Waals surface area contributed by atoms with Crippen LogP contribution in [0.1, 0.15) is 31.2 Å². The van der Waals surface area contributed by atoms with Gasteiger partial charge in [0.2, 0.25) is 0 Å². The molecule has 0 spiro atoms. The first-order valence-electron chi connectivity index (χ1n) is 7.36. The molecular formula is C16H22N2O3S. The predicted octanol–water partition coefficient (Wildman–Crippen LogP) is 1.77. The van der Waals surface area contributed by atoms with E-state index in [2.05, 4.69) is 11.6 Å². The second-order valence-electron chi connectivity index (χ2n) is 5.74. The van der Waals surface area contributed by atoms with E-state index in [1.54, 1.807) is 12.1 Å². The van der Waals surface area contributed by atoms with Crippen LogP contribution in [-0.4, -0.2) is 36.9 Å². The van der Waals surface area contributed by atoms with Crippen LogP contribution in [0.5, 0.6) is 0 Å². The largest absolute Gasteiger partial charge is 0.744 e. The lowest BCUT2D eigenvalue weighted by Crippen LogP contribution is -2.25. The highest BCUT2D eigenvalue weighted by Gasteiger charge is 2.28. The van der Waals surface area contributed by atoms with Crippen LogP contribution in [0.15, 0.2) is 40.4 Å². The molecule has 0 atom stereocenters. The average molecular weight is 322 g/mol. The Labute approximate surface area is 131 Å². The lowest BCUT2D eigenvalue weighted by molar-refractivity contribution is -0.498. The Hall–Kier alpha value is -1.66. The molecule has 1 aliphatic carbocycles. The van der Waals surface area contributed by atoms with Gasteiger partial charge in [0.05, 0.1) is 4.90 Å². The molecule has 120 valence electrons. The minimum Gasteiger partial charge on any atom is -0.744 e. The Morgan fingerprint density at radius 3 is 2.32 bits per heavy atom. The Morgan fingerprint density at radius 1 is 1.14 bits per heavy atom. The van der Waals surface area contributed by atoms with Crippen LogP contribution in [0.2, 0.25) is 0 Å². The first-order valence-corrected chi connectivity index (χ1v) is 8.77. The molecule has 0 amide bonds. The van der Waals surface area contributed by atoms with Crippen molar-refractivity contribution >= 4 is 15.8 Å². The average Bonchev–Trinajstić information content (AvgIpc) is 2.94. The number of hydrogen-bond donors (Lipinski definition) is 1. The molecule has 0 aromatic heterocycles. The summed E-state index contributed by atoms with van der Waals surface area (Å²) in [5.74, 6) is 0. The number of benzene rings is 1. The number of nitrogens with zero attached hydrogens (tertiary/aromatic N) is 1. The van der Waals surface area contributed by atoms with Gasteiger partial charge in [-0.15, -0.1) is 0 Å². The lowest BCUT2D eigenvalue weighted by atomic mass is 10.1. The van der Waals surface area contributed by atoms with Gasteiger partial charge >= 0.3 is 0 Å². The summed E-state index contributed by atoms with van der Waals surface area (Å²) >= 11 is 0. The maximum absolute atomic E-state index is 10.4. The zero-order valence-corrected chi connectivity index (χ0v) is 13.8. The van der Waals surface area contributed by atoms with E-state index in [4.69, 9.17) is 5.73 Å². The van der Waals surface area contributed by atoms with Crippen molar-refractivity contribution in [1.82, 2.24) is 0 Å². The summed E-state index contributed by atoms with van der Waals surface area (Å²) in [6.45, 7) is 2.94. The fourth-order valence-corrected chi connectivity index (χ4v) is 3.24. The Morgan fingerprint density at radius 2 is 1.77 bits per heavy atom. The Kier molecular flexibility index (Phi) is 5.03. The van der Waals surface area contributed by atoms with Crippen molar-refractivity contribution in [3.63, 3.8) is 0 Å². The van der Waals surface area contributed by atoms with Crippen molar-refractivity contribution in [3.8, 4) is 0 Å². The van der Waals surface area contributed by atoms with Crippen molar-refractivity contribution in [2.75, 3.05) is 13.6 Å². The van der Waals surface area contributed by atoms with Crippen molar-refractivity contribution < 1.29 is 17.5 Å². The van der Waals surface area contributed by atoms with Gasteiger partial charge in [0.25, 0.3) is 0 Å². The van der Waals surface area contributed by atoms with Crippen molar-refractivity contribution in [1.29, 1.82) is 0 Å².